The predicted molar refractivity (Wildman–Crippen MR) is 73.7 cm³/mol. The molecule has 3 nitrogen and oxygen atoms in total. The summed E-state index contributed by atoms with van der Waals surface area (Å²) in [4.78, 5) is 13.7. The Hall–Kier alpha value is -1.06. The zero-order chi connectivity index (χ0) is 13.1. The number of carbonyl (C=O) groups excluding carboxylic acids is 1. The second kappa shape index (κ2) is 5.72. The third-order valence-electron chi connectivity index (χ3n) is 3.42. The van der Waals surface area contributed by atoms with Crippen molar-refractivity contribution in [3.63, 3.8) is 0 Å². The van der Waals surface area contributed by atoms with Gasteiger partial charge in [-0.2, -0.15) is 0 Å². The summed E-state index contributed by atoms with van der Waals surface area (Å²) in [6, 6.07) is 8.26. The summed E-state index contributed by atoms with van der Waals surface area (Å²) in [6.07, 6.45) is 2.28. The third-order valence-corrected chi connectivity index (χ3v) is 3.76. The van der Waals surface area contributed by atoms with Gasteiger partial charge in [0.2, 0.25) is 5.91 Å². The van der Waals surface area contributed by atoms with E-state index in [9.17, 15) is 4.79 Å². The van der Waals surface area contributed by atoms with E-state index in [0.717, 1.165) is 23.4 Å². The average Bonchev–Trinajstić information content (AvgIpc) is 3.19. The van der Waals surface area contributed by atoms with Gasteiger partial charge in [0.1, 0.15) is 0 Å². The average molecular weight is 267 g/mol. The molecule has 0 aliphatic heterocycles. The van der Waals surface area contributed by atoms with E-state index in [1.165, 1.54) is 0 Å². The van der Waals surface area contributed by atoms with Crippen LogP contribution >= 0.6 is 11.6 Å². The Morgan fingerprint density at radius 3 is 2.78 bits per heavy atom. The highest BCUT2D eigenvalue weighted by Crippen LogP contribution is 2.25. The molecule has 18 heavy (non-hydrogen) atoms. The van der Waals surface area contributed by atoms with Crippen LogP contribution in [0.15, 0.2) is 24.3 Å². The summed E-state index contributed by atoms with van der Waals surface area (Å²) in [5.41, 5.74) is 1.03. The summed E-state index contributed by atoms with van der Waals surface area (Å²) in [7, 11) is 1.88. The van der Waals surface area contributed by atoms with E-state index < -0.39 is 0 Å². The Kier molecular flexibility index (Phi) is 4.25. The number of rotatable bonds is 5. The molecule has 0 aromatic heterocycles. The van der Waals surface area contributed by atoms with Crippen molar-refractivity contribution in [3.8, 4) is 0 Å². The molecule has 1 atom stereocenters. The maximum absolute atomic E-state index is 11.9. The molecule has 1 aliphatic rings. The van der Waals surface area contributed by atoms with Crippen molar-refractivity contribution < 1.29 is 4.79 Å². The molecule has 0 spiro atoms. The first-order valence-electron chi connectivity index (χ1n) is 6.33. The van der Waals surface area contributed by atoms with Crippen molar-refractivity contribution in [2.24, 2.45) is 0 Å². The predicted octanol–water partition coefficient (Wildman–Crippen LogP) is 2.61. The molecule has 0 unspecified atom stereocenters. The van der Waals surface area contributed by atoms with E-state index >= 15 is 0 Å². The van der Waals surface area contributed by atoms with Crippen LogP contribution < -0.4 is 5.32 Å². The largest absolute Gasteiger partial charge is 0.342 e. The van der Waals surface area contributed by atoms with Crippen LogP contribution in [0.4, 0.5) is 0 Å². The fourth-order valence-corrected chi connectivity index (χ4v) is 2.27. The Bertz CT molecular complexity index is 432. The van der Waals surface area contributed by atoms with Gasteiger partial charge in [-0.3, -0.25) is 4.79 Å². The van der Waals surface area contributed by atoms with Crippen LogP contribution in [-0.4, -0.2) is 30.4 Å². The molecule has 1 aromatic rings. The lowest BCUT2D eigenvalue weighted by Gasteiger charge is -2.19. The van der Waals surface area contributed by atoms with Gasteiger partial charge in [0.15, 0.2) is 0 Å². The normalized spacial score (nSPS) is 16.4. The van der Waals surface area contributed by atoms with Crippen LogP contribution in [0.3, 0.4) is 0 Å². The molecule has 2 rings (SSSR count). The van der Waals surface area contributed by atoms with Crippen molar-refractivity contribution in [3.05, 3.63) is 34.9 Å². The molecule has 0 bridgehead atoms. The van der Waals surface area contributed by atoms with Crippen molar-refractivity contribution in [1.82, 2.24) is 10.2 Å². The third kappa shape index (κ3) is 3.24. The number of carbonyl (C=O) groups is 1. The van der Waals surface area contributed by atoms with Gasteiger partial charge in [0.05, 0.1) is 6.54 Å². The number of likely N-dealkylation sites (N-methyl/N-ethyl adjacent to an activating group) is 1. The van der Waals surface area contributed by atoms with Crippen molar-refractivity contribution in [2.75, 3.05) is 13.6 Å². The Morgan fingerprint density at radius 2 is 2.17 bits per heavy atom. The molecule has 1 N–H and O–H groups in total. The maximum Gasteiger partial charge on any atom is 0.236 e. The quantitative estimate of drug-likeness (QED) is 0.889. The van der Waals surface area contributed by atoms with Gasteiger partial charge < -0.3 is 10.2 Å². The van der Waals surface area contributed by atoms with Gasteiger partial charge in [-0.1, -0.05) is 29.8 Å². The fourth-order valence-electron chi connectivity index (χ4n) is 1.97. The van der Waals surface area contributed by atoms with Crippen LogP contribution in [0.25, 0.3) is 0 Å². The Labute approximate surface area is 113 Å². The molecular formula is C14H19ClN2O. The molecule has 0 radical (unpaired) electrons. The van der Waals surface area contributed by atoms with E-state index in [1.54, 1.807) is 0 Å². The first-order chi connectivity index (χ1) is 8.59. The fraction of sp³-hybridized carbons (Fsp3) is 0.500. The zero-order valence-corrected chi connectivity index (χ0v) is 11.6. The van der Waals surface area contributed by atoms with E-state index in [0.29, 0.717) is 12.6 Å². The molecular weight excluding hydrogens is 248 g/mol. The monoisotopic (exact) mass is 266 g/mol. The molecule has 0 heterocycles. The van der Waals surface area contributed by atoms with Crippen LogP contribution in [0.1, 0.15) is 31.4 Å². The number of benzene rings is 1. The topological polar surface area (TPSA) is 32.3 Å². The number of hydrogen-bond acceptors (Lipinski definition) is 2. The molecule has 0 saturated heterocycles. The number of nitrogens with zero attached hydrogens (tertiary/aromatic N) is 1. The maximum atomic E-state index is 11.9. The molecule has 1 aromatic carbocycles. The number of nitrogens with one attached hydrogen (secondary N) is 1. The SMILES string of the molecule is C[C@H](NCC(=O)N(C)C1CC1)c1ccccc1Cl. The van der Waals surface area contributed by atoms with E-state index in [1.807, 2.05) is 43.1 Å². The number of halogens is 1. The van der Waals surface area contributed by atoms with Gasteiger partial charge in [0.25, 0.3) is 0 Å². The van der Waals surface area contributed by atoms with E-state index in [4.69, 9.17) is 11.6 Å². The molecule has 4 heteroatoms. The van der Waals surface area contributed by atoms with Crippen molar-refractivity contribution in [1.29, 1.82) is 0 Å². The smallest absolute Gasteiger partial charge is 0.236 e. The van der Waals surface area contributed by atoms with E-state index in [-0.39, 0.29) is 11.9 Å². The molecule has 1 aliphatic carbocycles. The lowest BCUT2D eigenvalue weighted by molar-refractivity contribution is -0.129. The van der Waals surface area contributed by atoms with Crippen molar-refractivity contribution in [2.45, 2.75) is 31.8 Å². The van der Waals surface area contributed by atoms with Crippen LogP contribution in [-0.2, 0) is 4.79 Å². The molecule has 1 fully saturated rings. The summed E-state index contributed by atoms with van der Waals surface area (Å²) in [6.45, 7) is 2.38. The minimum Gasteiger partial charge on any atom is -0.342 e. The van der Waals surface area contributed by atoms with Gasteiger partial charge in [-0.15, -0.1) is 0 Å². The summed E-state index contributed by atoms with van der Waals surface area (Å²) >= 11 is 6.12. The highest BCUT2D eigenvalue weighted by Gasteiger charge is 2.29. The number of amides is 1. The van der Waals surface area contributed by atoms with Crippen LogP contribution in [0.2, 0.25) is 5.02 Å². The van der Waals surface area contributed by atoms with Gasteiger partial charge in [-0.25, -0.2) is 0 Å². The minimum absolute atomic E-state index is 0.0789. The van der Waals surface area contributed by atoms with Gasteiger partial charge in [0, 0.05) is 24.2 Å². The van der Waals surface area contributed by atoms with Crippen molar-refractivity contribution >= 4 is 17.5 Å². The van der Waals surface area contributed by atoms with Crippen LogP contribution in [0, 0.1) is 0 Å². The van der Waals surface area contributed by atoms with Crippen LogP contribution in [0.5, 0.6) is 0 Å². The van der Waals surface area contributed by atoms with E-state index in [2.05, 4.69) is 5.32 Å². The standard InChI is InChI=1S/C14H19ClN2O/c1-10(12-5-3-4-6-13(12)15)16-9-14(18)17(2)11-7-8-11/h3-6,10-11,16H,7-9H2,1-2H3/t10-/m0/s1. The summed E-state index contributed by atoms with van der Waals surface area (Å²) < 4.78 is 0. The minimum atomic E-state index is 0.0789. The molecule has 1 amide bonds. The first kappa shape index (κ1) is 13.4. The summed E-state index contributed by atoms with van der Waals surface area (Å²) in [5.74, 6) is 0.149. The second-order valence-corrected chi connectivity index (χ2v) is 5.27. The summed E-state index contributed by atoms with van der Waals surface area (Å²) in [5, 5.41) is 3.96. The zero-order valence-electron chi connectivity index (χ0n) is 10.8. The lowest BCUT2D eigenvalue weighted by atomic mass is 10.1. The Morgan fingerprint density at radius 1 is 1.50 bits per heavy atom. The lowest BCUT2D eigenvalue weighted by Crippen LogP contribution is -2.37. The van der Waals surface area contributed by atoms with Gasteiger partial charge in [-0.05, 0) is 31.4 Å². The highest BCUT2D eigenvalue weighted by atomic mass is 35.5. The highest BCUT2D eigenvalue weighted by molar-refractivity contribution is 6.31. The molecule has 98 valence electrons. The first-order valence-corrected chi connectivity index (χ1v) is 6.71. The number of hydrogen-bond donors (Lipinski definition) is 1. The molecule has 1 saturated carbocycles. The van der Waals surface area contributed by atoms with Gasteiger partial charge >= 0.3 is 0 Å². The second-order valence-electron chi connectivity index (χ2n) is 4.86. The Balaban J connectivity index is 1.86.